The summed E-state index contributed by atoms with van der Waals surface area (Å²) in [5.74, 6) is 0.298. The van der Waals surface area contributed by atoms with Gasteiger partial charge in [-0.2, -0.15) is 0 Å². The lowest BCUT2D eigenvalue weighted by Gasteiger charge is -2.36. The second-order valence-electron chi connectivity index (χ2n) is 5.20. The topological polar surface area (TPSA) is 20.2 Å². The number of halogens is 1. The Labute approximate surface area is 96.3 Å². The lowest BCUT2D eigenvalue weighted by Crippen LogP contribution is -2.32. The highest BCUT2D eigenvalue weighted by atomic mass is 19.1. The molecule has 2 rings (SSSR count). The average Bonchev–Trinajstić information content (AvgIpc) is 2.21. The van der Waals surface area contributed by atoms with Gasteiger partial charge in [-0.15, -0.1) is 0 Å². The SMILES string of the molecule is Cc1ccc(C2(O)CCCC(C)C2)cc1F. The summed E-state index contributed by atoms with van der Waals surface area (Å²) in [7, 11) is 0. The van der Waals surface area contributed by atoms with Gasteiger partial charge in [0.05, 0.1) is 5.60 Å². The predicted molar refractivity (Wildman–Crippen MR) is 62.7 cm³/mol. The predicted octanol–water partition coefficient (Wildman–Crippen LogP) is 3.53. The molecular weight excluding hydrogens is 203 g/mol. The van der Waals surface area contributed by atoms with Crippen molar-refractivity contribution in [3.05, 3.63) is 35.1 Å². The second kappa shape index (κ2) is 4.17. The van der Waals surface area contributed by atoms with Gasteiger partial charge in [0.15, 0.2) is 0 Å². The van der Waals surface area contributed by atoms with Crippen molar-refractivity contribution in [1.82, 2.24) is 0 Å². The van der Waals surface area contributed by atoms with Gasteiger partial charge < -0.3 is 5.11 Å². The van der Waals surface area contributed by atoms with Crippen LogP contribution in [0.15, 0.2) is 18.2 Å². The zero-order valence-corrected chi connectivity index (χ0v) is 9.96. The first-order valence-electron chi connectivity index (χ1n) is 6.00. The van der Waals surface area contributed by atoms with E-state index in [0.717, 1.165) is 31.2 Å². The molecule has 0 bridgehead atoms. The Morgan fingerprint density at radius 3 is 2.81 bits per heavy atom. The van der Waals surface area contributed by atoms with E-state index in [1.54, 1.807) is 13.0 Å². The fourth-order valence-electron chi connectivity index (χ4n) is 2.67. The molecule has 0 saturated heterocycles. The van der Waals surface area contributed by atoms with Gasteiger partial charge in [-0.05, 0) is 49.3 Å². The Morgan fingerprint density at radius 1 is 1.44 bits per heavy atom. The van der Waals surface area contributed by atoms with Crippen LogP contribution in [0.25, 0.3) is 0 Å². The molecule has 88 valence electrons. The standard InChI is InChI=1S/C14H19FO/c1-10-4-3-7-14(16,9-10)12-6-5-11(2)13(15)8-12/h5-6,8,10,16H,3-4,7,9H2,1-2H3. The van der Waals surface area contributed by atoms with Gasteiger partial charge in [-0.25, -0.2) is 4.39 Å². The molecule has 16 heavy (non-hydrogen) atoms. The Bertz CT molecular complexity index is 388. The van der Waals surface area contributed by atoms with Crippen molar-refractivity contribution in [3.63, 3.8) is 0 Å². The first-order valence-corrected chi connectivity index (χ1v) is 6.00. The molecule has 1 aromatic rings. The zero-order valence-electron chi connectivity index (χ0n) is 9.96. The van der Waals surface area contributed by atoms with Crippen LogP contribution in [0.1, 0.15) is 43.7 Å². The molecule has 2 atom stereocenters. The summed E-state index contributed by atoms with van der Waals surface area (Å²) in [6.45, 7) is 3.89. The molecule has 1 N–H and O–H groups in total. The lowest BCUT2D eigenvalue weighted by atomic mass is 9.75. The Kier molecular flexibility index (Phi) is 3.02. The van der Waals surface area contributed by atoms with Gasteiger partial charge in [0.2, 0.25) is 0 Å². The van der Waals surface area contributed by atoms with E-state index in [1.165, 1.54) is 6.07 Å². The molecule has 0 amide bonds. The first-order chi connectivity index (χ1) is 7.51. The van der Waals surface area contributed by atoms with Gasteiger partial charge in [0, 0.05) is 0 Å². The highest BCUT2D eigenvalue weighted by molar-refractivity contribution is 5.28. The summed E-state index contributed by atoms with van der Waals surface area (Å²) in [6, 6.07) is 5.10. The summed E-state index contributed by atoms with van der Waals surface area (Å²) >= 11 is 0. The molecule has 2 heteroatoms. The monoisotopic (exact) mass is 222 g/mol. The van der Waals surface area contributed by atoms with E-state index in [-0.39, 0.29) is 5.82 Å². The maximum atomic E-state index is 13.5. The summed E-state index contributed by atoms with van der Waals surface area (Å²) < 4.78 is 13.5. The van der Waals surface area contributed by atoms with Crippen LogP contribution < -0.4 is 0 Å². The fourth-order valence-corrected chi connectivity index (χ4v) is 2.67. The number of hydrogen-bond acceptors (Lipinski definition) is 1. The van der Waals surface area contributed by atoms with Crippen LogP contribution in [0.5, 0.6) is 0 Å². The van der Waals surface area contributed by atoms with Crippen LogP contribution in [-0.4, -0.2) is 5.11 Å². The van der Waals surface area contributed by atoms with Crippen LogP contribution in [0.2, 0.25) is 0 Å². The maximum Gasteiger partial charge on any atom is 0.126 e. The minimum absolute atomic E-state index is 0.218. The van der Waals surface area contributed by atoms with E-state index in [4.69, 9.17) is 0 Å². The smallest absolute Gasteiger partial charge is 0.126 e. The summed E-state index contributed by atoms with van der Waals surface area (Å²) in [5, 5.41) is 10.6. The lowest BCUT2D eigenvalue weighted by molar-refractivity contribution is -0.0181. The summed E-state index contributed by atoms with van der Waals surface area (Å²) in [4.78, 5) is 0. The second-order valence-corrected chi connectivity index (χ2v) is 5.20. The van der Waals surface area contributed by atoms with Crippen molar-refractivity contribution in [3.8, 4) is 0 Å². The summed E-state index contributed by atoms with van der Waals surface area (Å²) in [5.41, 5.74) is 0.560. The maximum absolute atomic E-state index is 13.5. The van der Waals surface area contributed by atoms with Crippen molar-refractivity contribution in [2.45, 2.75) is 45.1 Å². The first kappa shape index (κ1) is 11.6. The van der Waals surface area contributed by atoms with E-state index in [0.29, 0.717) is 11.5 Å². The van der Waals surface area contributed by atoms with Gasteiger partial charge >= 0.3 is 0 Å². The number of hydrogen-bond donors (Lipinski definition) is 1. The third-order valence-electron chi connectivity index (χ3n) is 3.68. The van der Waals surface area contributed by atoms with E-state index < -0.39 is 5.60 Å². The molecule has 0 spiro atoms. The highest BCUT2D eigenvalue weighted by Gasteiger charge is 2.34. The number of aliphatic hydroxyl groups is 1. The Hall–Kier alpha value is -0.890. The molecule has 0 heterocycles. The van der Waals surface area contributed by atoms with Crippen molar-refractivity contribution in [2.75, 3.05) is 0 Å². The molecule has 1 aliphatic carbocycles. The molecule has 1 nitrogen and oxygen atoms in total. The van der Waals surface area contributed by atoms with Crippen LogP contribution in [-0.2, 0) is 5.60 Å². The third-order valence-corrected chi connectivity index (χ3v) is 3.68. The third kappa shape index (κ3) is 2.12. The minimum Gasteiger partial charge on any atom is -0.385 e. The number of rotatable bonds is 1. The average molecular weight is 222 g/mol. The van der Waals surface area contributed by atoms with Crippen molar-refractivity contribution < 1.29 is 9.50 Å². The number of benzene rings is 1. The number of aryl methyl sites for hydroxylation is 1. The van der Waals surface area contributed by atoms with Crippen LogP contribution in [0, 0.1) is 18.7 Å². The molecule has 1 aromatic carbocycles. The van der Waals surface area contributed by atoms with Gasteiger partial charge in [-0.1, -0.05) is 25.5 Å². The Morgan fingerprint density at radius 2 is 2.19 bits per heavy atom. The van der Waals surface area contributed by atoms with Crippen molar-refractivity contribution >= 4 is 0 Å². The van der Waals surface area contributed by atoms with Crippen LogP contribution >= 0.6 is 0 Å². The van der Waals surface area contributed by atoms with Crippen molar-refractivity contribution in [2.24, 2.45) is 5.92 Å². The molecule has 1 fully saturated rings. The molecular formula is C14H19FO. The van der Waals surface area contributed by atoms with E-state index >= 15 is 0 Å². The zero-order chi connectivity index (χ0) is 11.8. The fraction of sp³-hybridized carbons (Fsp3) is 0.571. The van der Waals surface area contributed by atoms with Crippen LogP contribution in [0.4, 0.5) is 4.39 Å². The molecule has 2 unspecified atom stereocenters. The van der Waals surface area contributed by atoms with Gasteiger partial charge in [-0.3, -0.25) is 0 Å². The minimum atomic E-state index is -0.813. The molecule has 0 aromatic heterocycles. The normalized spacial score (nSPS) is 30.4. The van der Waals surface area contributed by atoms with E-state index in [1.807, 2.05) is 6.07 Å². The Balaban J connectivity index is 2.31. The summed E-state index contributed by atoms with van der Waals surface area (Å²) in [6.07, 6.45) is 3.68. The van der Waals surface area contributed by atoms with Crippen molar-refractivity contribution in [1.29, 1.82) is 0 Å². The molecule has 1 saturated carbocycles. The van der Waals surface area contributed by atoms with Gasteiger partial charge in [0.25, 0.3) is 0 Å². The molecule has 0 radical (unpaired) electrons. The molecule has 1 aliphatic rings. The van der Waals surface area contributed by atoms with Crippen LogP contribution in [0.3, 0.4) is 0 Å². The van der Waals surface area contributed by atoms with Gasteiger partial charge in [0.1, 0.15) is 5.82 Å². The van der Waals surface area contributed by atoms with E-state index in [9.17, 15) is 9.50 Å². The van der Waals surface area contributed by atoms with E-state index in [2.05, 4.69) is 6.92 Å². The largest absolute Gasteiger partial charge is 0.385 e. The molecule has 0 aliphatic heterocycles. The quantitative estimate of drug-likeness (QED) is 0.770. The highest BCUT2D eigenvalue weighted by Crippen LogP contribution is 2.39.